The van der Waals surface area contributed by atoms with Crippen LogP contribution in [0.25, 0.3) is 0 Å². The highest BCUT2D eigenvalue weighted by molar-refractivity contribution is 7.07. The van der Waals surface area contributed by atoms with Crippen molar-refractivity contribution in [1.82, 2.24) is 25.3 Å². The van der Waals surface area contributed by atoms with Gasteiger partial charge in [0.2, 0.25) is 0 Å². The Hall–Kier alpha value is -1.86. The third kappa shape index (κ3) is 5.56. The average Bonchev–Trinajstić information content (AvgIpc) is 3.26. The Balaban J connectivity index is 2.11. The molecule has 0 saturated heterocycles. The van der Waals surface area contributed by atoms with Crippen LogP contribution in [0.3, 0.4) is 0 Å². The minimum atomic E-state index is 0.344. The zero-order chi connectivity index (χ0) is 19.8. The standard InChI is InChI=1S/C20H34N6S/c1-7-21-20(22-12-18-15(4)24-25(6)16(18)5)23-13-19(26(8-2)9-3)17-10-11-27-14-17/h10-11,14,19H,7-9,12-13H2,1-6H3,(H2,21,22,23). The lowest BCUT2D eigenvalue weighted by atomic mass is 10.1. The summed E-state index contributed by atoms with van der Waals surface area (Å²) in [5, 5.41) is 15.8. The summed E-state index contributed by atoms with van der Waals surface area (Å²) >= 11 is 1.75. The van der Waals surface area contributed by atoms with Gasteiger partial charge in [-0.1, -0.05) is 13.8 Å². The van der Waals surface area contributed by atoms with Crippen molar-refractivity contribution < 1.29 is 0 Å². The molecule has 0 aromatic carbocycles. The van der Waals surface area contributed by atoms with Gasteiger partial charge in [-0.3, -0.25) is 9.58 Å². The Labute approximate surface area is 167 Å². The molecule has 0 aliphatic carbocycles. The Kier molecular flexibility index (Phi) is 8.31. The molecule has 0 bridgehead atoms. The predicted octanol–water partition coefficient (Wildman–Crippen LogP) is 3.24. The van der Waals surface area contributed by atoms with Gasteiger partial charge >= 0.3 is 0 Å². The Morgan fingerprint density at radius 1 is 1.26 bits per heavy atom. The van der Waals surface area contributed by atoms with E-state index in [2.05, 4.69) is 65.2 Å². The van der Waals surface area contributed by atoms with Crippen LogP contribution in [-0.2, 0) is 13.6 Å². The zero-order valence-corrected chi connectivity index (χ0v) is 18.4. The van der Waals surface area contributed by atoms with Crippen LogP contribution >= 0.6 is 11.3 Å². The van der Waals surface area contributed by atoms with Crippen molar-refractivity contribution in [2.45, 2.75) is 47.2 Å². The van der Waals surface area contributed by atoms with Crippen LogP contribution in [0.15, 0.2) is 21.8 Å². The Bertz CT molecular complexity index is 715. The molecule has 0 aliphatic heterocycles. The third-order valence-electron chi connectivity index (χ3n) is 5.04. The number of thiophene rings is 1. The first-order valence-electron chi connectivity index (χ1n) is 9.79. The quantitative estimate of drug-likeness (QED) is 0.510. The van der Waals surface area contributed by atoms with Crippen LogP contribution in [0, 0.1) is 13.8 Å². The maximum atomic E-state index is 4.81. The fourth-order valence-electron chi connectivity index (χ4n) is 3.33. The van der Waals surface area contributed by atoms with Crippen LogP contribution < -0.4 is 10.6 Å². The topological polar surface area (TPSA) is 57.5 Å². The minimum absolute atomic E-state index is 0.344. The molecule has 27 heavy (non-hydrogen) atoms. The molecule has 0 saturated carbocycles. The van der Waals surface area contributed by atoms with Gasteiger partial charge in [0.15, 0.2) is 5.96 Å². The zero-order valence-electron chi connectivity index (χ0n) is 17.5. The van der Waals surface area contributed by atoms with Gasteiger partial charge in [0, 0.05) is 31.4 Å². The number of aliphatic imine (C=N–C) groups is 1. The van der Waals surface area contributed by atoms with Crippen molar-refractivity contribution in [1.29, 1.82) is 0 Å². The lowest BCUT2D eigenvalue weighted by Crippen LogP contribution is -2.43. The first kappa shape index (κ1) is 21.4. The molecular weight excluding hydrogens is 356 g/mol. The number of rotatable bonds is 9. The third-order valence-corrected chi connectivity index (χ3v) is 5.74. The van der Waals surface area contributed by atoms with E-state index in [9.17, 15) is 0 Å². The number of nitrogens with one attached hydrogen (secondary N) is 2. The van der Waals surface area contributed by atoms with E-state index in [0.717, 1.165) is 37.8 Å². The molecule has 0 fully saturated rings. The maximum absolute atomic E-state index is 4.81. The molecule has 150 valence electrons. The number of hydrogen-bond acceptors (Lipinski definition) is 4. The van der Waals surface area contributed by atoms with E-state index in [1.165, 1.54) is 16.8 Å². The highest BCUT2D eigenvalue weighted by Gasteiger charge is 2.19. The SMILES string of the molecule is CCNC(=NCc1c(C)nn(C)c1C)NCC(c1ccsc1)N(CC)CC. The number of nitrogens with zero attached hydrogens (tertiary/aromatic N) is 4. The summed E-state index contributed by atoms with van der Waals surface area (Å²) in [4.78, 5) is 7.29. The first-order valence-corrected chi connectivity index (χ1v) is 10.7. The number of guanidine groups is 1. The number of hydrogen-bond donors (Lipinski definition) is 2. The number of aryl methyl sites for hydroxylation is 2. The number of likely N-dealkylation sites (N-methyl/N-ethyl adjacent to an activating group) is 1. The smallest absolute Gasteiger partial charge is 0.191 e. The van der Waals surface area contributed by atoms with Crippen LogP contribution in [0.4, 0.5) is 0 Å². The molecule has 7 heteroatoms. The fraction of sp³-hybridized carbons (Fsp3) is 0.600. The van der Waals surface area contributed by atoms with Crippen LogP contribution in [0.2, 0.25) is 0 Å². The van der Waals surface area contributed by atoms with E-state index < -0.39 is 0 Å². The second kappa shape index (κ2) is 10.5. The summed E-state index contributed by atoms with van der Waals surface area (Å²) in [5.41, 5.74) is 4.79. The van der Waals surface area contributed by atoms with Crippen molar-refractivity contribution in [3.05, 3.63) is 39.3 Å². The van der Waals surface area contributed by atoms with Crippen LogP contribution in [0.1, 0.15) is 49.3 Å². The van der Waals surface area contributed by atoms with Gasteiger partial charge in [0.25, 0.3) is 0 Å². The molecule has 0 aliphatic rings. The van der Waals surface area contributed by atoms with Crippen LogP contribution in [0.5, 0.6) is 0 Å². The summed E-state index contributed by atoms with van der Waals surface area (Å²) in [5.74, 6) is 0.854. The molecule has 0 spiro atoms. The molecule has 2 aromatic heterocycles. The molecule has 2 rings (SSSR count). The molecule has 0 radical (unpaired) electrons. The highest BCUT2D eigenvalue weighted by atomic mass is 32.1. The van der Waals surface area contributed by atoms with E-state index in [1.54, 1.807) is 11.3 Å². The van der Waals surface area contributed by atoms with Gasteiger partial charge < -0.3 is 10.6 Å². The molecule has 1 unspecified atom stereocenters. The second-order valence-corrected chi connectivity index (χ2v) is 7.42. The van der Waals surface area contributed by atoms with E-state index in [-0.39, 0.29) is 0 Å². The normalized spacial score (nSPS) is 13.2. The molecule has 0 amide bonds. The summed E-state index contributed by atoms with van der Waals surface area (Å²) in [6.45, 7) is 15.0. The molecular formula is C20H34N6S. The van der Waals surface area contributed by atoms with Gasteiger partial charge in [-0.15, -0.1) is 0 Å². The fourth-order valence-corrected chi connectivity index (χ4v) is 4.03. The largest absolute Gasteiger partial charge is 0.357 e. The first-order chi connectivity index (χ1) is 13.0. The van der Waals surface area contributed by atoms with E-state index >= 15 is 0 Å². The van der Waals surface area contributed by atoms with E-state index in [1.807, 2.05) is 18.7 Å². The summed E-state index contributed by atoms with van der Waals surface area (Å²) in [6.07, 6.45) is 0. The van der Waals surface area contributed by atoms with Gasteiger partial charge in [-0.05, 0) is 56.3 Å². The van der Waals surface area contributed by atoms with Crippen molar-refractivity contribution in [3.8, 4) is 0 Å². The second-order valence-electron chi connectivity index (χ2n) is 6.64. The van der Waals surface area contributed by atoms with Crippen LogP contribution in [-0.4, -0.2) is 46.8 Å². The van der Waals surface area contributed by atoms with Crippen molar-refractivity contribution in [2.75, 3.05) is 26.2 Å². The molecule has 6 nitrogen and oxygen atoms in total. The van der Waals surface area contributed by atoms with Crippen molar-refractivity contribution >= 4 is 17.3 Å². The van der Waals surface area contributed by atoms with E-state index in [0.29, 0.717) is 12.6 Å². The van der Waals surface area contributed by atoms with Crippen molar-refractivity contribution in [3.63, 3.8) is 0 Å². The molecule has 1 atom stereocenters. The summed E-state index contributed by atoms with van der Waals surface area (Å²) in [7, 11) is 1.98. The van der Waals surface area contributed by atoms with Gasteiger partial charge in [0.1, 0.15) is 0 Å². The maximum Gasteiger partial charge on any atom is 0.191 e. The molecule has 2 N–H and O–H groups in total. The van der Waals surface area contributed by atoms with Crippen molar-refractivity contribution in [2.24, 2.45) is 12.0 Å². The van der Waals surface area contributed by atoms with Gasteiger partial charge in [-0.2, -0.15) is 16.4 Å². The minimum Gasteiger partial charge on any atom is -0.357 e. The summed E-state index contributed by atoms with van der Waals surface area (Å²) < 4.78 is 1.92. The average molecular weight is 391 g/mol. The lowest BCUT2D eigenvalue weighted by Gasteiger charge is -2.30. The Morgan fingerprint density at radius 3 is 2.52 bits per heavy atom. The van der Waals surface area contributed by atoms with Gasteiger partial charge in [0.05, 0.1) is 18.3 Å². The van der Waals surface area contributed by atoms with Gasteiger partial charge in [-0.25, -0.2) is 4.99 Å². The highest BCUT2D eigenvalue weighted by Crippen LogP contribution is 2.22. The summed E-state index contributed by atoms with van der Waals surface area (Å²) in [6, 6.07) is 2.57. The Morgan fingerprint density at radius 2 is 2.00 bits per heavy atom. The van der Waals surface area contributed by atoms with E-state index in [4.69, 9.17) is 4.99 Å². The predicted molar refractivity (Wildman–Crippen MR) is 115 cm³/mol. The lowest BCUT2D eigenvalue weighted by molar-refractivity contribution is 0.219. The molecule has 2 aromatic rings. The number of aromatic nitrogens is 2. The molecule has 2 heterocycles. The monoisotopic (exact) mass is 390 g/mol.